The number of halogens is 1. The quantitative estimate of drug-likeness (QED) is 0.409. The van der Waals surface area contributed by atoms with Gasteiger partial charge in [0, 0.05) is 16.5 Å². The molecule has 1 amide bonds. The van der Waals surface area contributed by atoms with E-state index in [1.54, 1.807) is 25.1 Å². The van der Waals surface area contributed by atoms with Gasteiger partial charge in [-0.25, -0.2) is 9.59 Å². The molecule has 3 aromatic rings. The van der Waals surface area contributed by atoms with Gasteiger partial charge >= 0.3 is 11.6 Å². The minimum atomic E-state index is -0.879. The van der Waals surface area contributed by atoms with Crippen LogP contribution in [0, 0.1) is 6.92 Å². The molecule has 27 heavy (non-hydrogen) atoms. The highest BCUT2D eigenvalue weighted by Gasteiger charge is 2.13. The van der Waals surface area contributed by atoms with Gasteiger partial charge in [-0.3, -0.25) is 4.79 Å². The van der Waals surface area contributed by atoms with Gasteiger partial charge in [-0.1, -0.05) is 11.6 Å². The van der Waals surface area contributed by atoms with E-state index in [0.717, 1.165) is 5.56 Å². The van der Waals surface area contributed by atoms with Crippen molar-refractivity contribution in [3.63, 3.8) is 0 Å². The molecule has 0 radical (unpaired) electrons. The molecule has 0 aliphatic carbocycles. The number of esters is 1. The molecule has 0 saturated heterocycles. The maximum Gasteiger partial charge on any atom is 0.349 e. The summed E-state index contributed by atoms with van der Waals surface area (Å²) in [5, 5.41) is 1.04. The van der Waals surface area contributed by atoms with Gasteiger partial charge in [-0.05, 0) is 48.9 Å². The Labute approximate surface area is 158 Å². The average molecular weight is 388 g/mol. The predicted molar refractivity (Wildman–Crippen MR) is 98.3 cm³/mol. The molecule has 0 saturated carbocycles. The van der Waals surface area contributed by atoms with E-state index in [-0.39, 0.29) is 23.5 Å². The first-order valence-corrected chi connectivity index (χ1v) is 8.18. The summed E-state index contributed by atoms with van der Waals surface area (Å²) in [6, 6.07) is 10.8. The van der Waals surface area contributed by atoms with Crippen molar-refractivity contribution in [1.82, 2.24) is 0 Å². The first-order valence-electron chi connectivity index (χ1n) is 7.81. The number of hydrogen-bond donors (Lipinski definition) is 1. The zero-order valence-electron chi connectivity index (χ0n) is 14.2. The second-order valence-electron chi connectivity index (χ2n) is 5.68. The van der Waals surface area contributed by atoms with Crippen molar-refractivity contribution in [1.29, 1.82) is 0 Å². The summed E-state index contributed by atoms with van der Waals surface area (Å²) in [7, 11) is 0. The van der Waals surface area contributed by atoms with E-state index in [2.05, 4.69) is 0 Å². The number of aryl methyl sites for hydroxylation is 1. The van der Waals surface area contributed by atoms with Crippen molar-refractivity contribution in [3.05, 3.63) is 69.0 Å². The second-order valence-corrected chi connectivity index (χ2v) is 6.12. The molecule has 0 aliphatic rings. The molecule has 2 aromatic carbocycles. The first-order chi connectivity index (χ1) is 12.8. The smallest absolute Gasteiger partial charge is 0.349 e. The van der Waals surface area contributed by atoms with E-state index in [1.807, 2.05) is 0 Å². The van der Waals surface area contributed by atoms with Gasteiger partial charge in [0.1, 0.15) is 22.6 Å². The van der Waals surface area contributed by atoms with E-state index >= 15 is 0 Å². The number of carbonyl (C=O) groups is 2. The third-order valence-electron chi connectivity index (χ3n) is 3.69. The number of fused-ring (bicyclic) bond motifs is 1. The van der Waals surface area contributed by atoms with Crippen LogP contribution in [0.5, 0.6) is 11.5 Å². The highest BCUT2D eigenvalue weighted by molar-refractivity contribution is 6.30. The summed E-state index contributed by atoms with van der Waals surface area (Å²) in [5.41, 5.74) is 4.94. The molecule has 0 bridgehead atoms. The van der Waals surface area contributed by atoms with Gasteiger partial charge in [-0.2, -0.15) is 0 Å². The summed E-state index contributed by atoms with van der Waals surface area (Å²) in [5.74, 6) is -0.839. The molecule has 138 valence electrons. The molecular formula is C19H14ClNO6. The fourth-order valence-electron chi connectivity index (χ4n) is 2.40. The first kappa shape index (κ1) is 18.5. The van der Waals surface area contributed by atoms with Crippen LogP contribution in [0.1, 0.15) is 15.9 Å². The van der Waals surface area contributed by atoms with Crippen molar-refractivity contribution >= 4 is 34.4 Å². The van der Waals surface area contributed by atoms with Crippen LogP contribution >= 0.6 is 11.6 Å². The van der Waals surface area contributed by atoms with Crippen LogP contribution in [0.3, 0.4) is 0 Å². The summed E-state index contributed by atoms with van der Waals surface area (Å²) >= 11 is 5.87. The van der Waals surface area contributed by atoms with Gasteiger partial charge < -0.3 is 19.6 Å². The molecule has 0 unspecified atom stereocenters. The standard InChI is InChI=1S/C19H14ClNO6/c1-10-6-12(20)3-5-15(10)25-9-17(22)26-13-4-2-11-7-14(18(21)23)19(24)27-16(11)8-13/h2-8H,9H2,1H3,(H2,21,23). The molecule has 0 fully saturated rings. The predicted octanol–water partition coefficient (Wildman–Crippen LogP) is 2.84. The van der Waals surface area contributed by atoms with Gasteiger partial charge in [0.25, 0.3) is 5.91 Å². The lowest BCUT2D eigenvalue weighted by Gasteiger charge is -2.09. The molecule has 0 spiro atoms. The van der Waals surface area contributed by atoms with E-state index < -0.39 is 17.5 Å². The topological polar surface area (TPSA) is 109 Å². The lowest BCUT2D eigenvalue weighted by molar-refractivity contribution is -0.136. The third kappa shape index (κ3) is 4.27. The van der Waals surface area contributed by atoms with Gasteiger partial charge in [0.2, 0.25) is 0 Å². The SMILES string of the molecule is Cc1cc(Cl)ccc1OCC(=O)Oc1ccc2cc(C(N)=O)c(=O)oc2c1. The van der Waals surface area contributed by atoms with Gasteiger partial charge in [-0.15, -0.1) is 0 Å². The van der Waals surface area contributed by atoms with Gasteiger partial charge in [0.15, 0.2) is 6.61 Å². The number of primary amides is 1. The van der Waals surface area contributed by atoms with Crippen LogP contribution < -0.4 is 20.8 Å². The molecule has 3 rings (SSSR count). The van der Waals surface area contributed by atoms with E-state index in [9.17, 15) is 14.4 Å². The number of hydrogen-bond acceptors (Lipinski definition) is 6. The normalized spacial score (nSPS) is 10.6. The number of rotatable bonds is 5. The molecule has 1 heterocycles. The minimum Gasteiger partial charge on any atom is -0.482 e. The Morgan fingerprint density at radius 1 is 1.15 bits per heavy atom. The number of carbonyl (C=O) groups excluding carboxylic acids is 2. The van der Waals surface area contributed by atoms with Crippen LogP contribution in [0.4, 0.5) is 0 Å². The zero-order valence-corrected chi connectivity index (χ0v) is 14.9. The number of benzene rings is 2. The number of amides is 1. The molecule has 0 aliphatic heterocycles. The molecular weight excluding hydrogens is 374 g/mol. The van der Waals surface area contributed by atoms with E-state index in [4.69, 9.17) is 31.2 Å². The molecule has 0 atom stereocenters. The summed E-state index contributed by atoms with van der Waals surface area (Å²) in [4.78, 5) is 34.9. The molecule has 8 heteroatoms. The largest absolute Gasteiger partial charge is 0.482 e. The maximum absolute atomic E-state index is 12.0. The zero-order chi connectivity index (χ0) is 19.6. The Kier molecular flexibility index (Phi) is 5.14. The van der Waals surface area contributed by atoms with Crippen LogP contribution in [0.2, 0.25) is 5.02 Å². The third-order valence-corrected chi connectivity index (χ3v) is 3.92. The Balaban J connectivity index is 1.72. The number of ether oxygens (including phenoxy) is 2. The monoisotopic (exact) mass is 387 g/mol. The highest BCUT2D eigenvalue weighted by atomic mass is 35.5. The van der Waals surface area contributed by atoms with Crippen LogP contribution in [0.15, 0.2) is 51.7 Å². The van der Waals surface area contributed by atoms with Crippen molar-refractivity contribution < 1.29 is 23.5 Å². The lowest BCUT2D eigenvalue weighted by Crippen LogP contribution is -2.20. The summed E-state index contributed by atoms with van der Waals surface area (Å²) < 4.78 is 15.6. The van der Waals surface area contributed by atoms with E-state index in [1.165, 1.54) is 24.3 Å². The average Bonchev–Trinajstić information content (AvgIpc) is 2.60. The second kappa shape index (κ2) is 7.51. The lowest BCUT2D eigenvalue weighted by atomic mass is 10.2. The summed E-state index contributed by atoms with van der Waals surface area (Å²) in [6.45, 7) is 1.49. The minimum absolute atomic E-state index is 0.157. The van der Waals surface area contributed by atoms with Crippen molar-refractivity contribution in [2.45, 2.75) is 6.92 Å². The molecule has 1 aromatic heterocycles. The van der Waals surface area contributed by atoms with Gasteiger partial charge in [0.05, 0.1) is 0 Å². The Hall–Kier alpha value is -3.32. The molecule has 7 nitrogen and oxygen atoms in total. The van der Waals surface area contributed by atoms with Crippen molar-refractivity contribution in [2.24, 2.45) is 5.73 Å². The highest BCUT2D eigenvalue weighted by Crippen LogP contribution is 2.23. The summed E-state index contributed by atoms with van der Waals surface area (Å²) in [6.07, 6.45) is 0. The molecule has 2 N–H and O–H groups in total. The van der Waals surface area contributed by atoms with Crippen molar-refractivity contribution in [2.75, 3.05) is 6.61 Å². The maximum atomic E-state index is 12.0. The van der Waals surface area contributed by atoms with Crippen LogP contribution in [0.25, 0.3) is 11.0 Å². The Morgan fingerprint density at radius 2 is 1.93 bits per heavy atom. The fourth-order valence-corrected chi connectivity index (χ4v) is 2.63. The van der Waals surface area contributed by atoms with Crippen LogP contribution in [-0.2, 0) is 4.79 Å². The Bertz CT molecular complexity index is 1110. The van der Waals surface area contributed by atoms with Crippen LogP contribution in [-0.4, -0.2) is 18.5 Å². The van der Waals surface area contributed by atoms with E-state index in [0.29, 0.717) is 16.2 Å². The van der Waals surface area contributed by atoms with Crippen molar-refractivity contribution in [3.8, 4) is 11.5 Å². The Morgan fingerprint density at radius 3 is 2.63 bits per heavy atom. The fraction of sp³-hybridized carbons (Fsp3) is 0.105. The number of nitrogens with two attached hydrogens (primary N) is 1.